The SMILES string of the molecule is COCCN1C(=O)S/C(=C/c2cc(I)c(OCc3cccc(C(=O)O)c3)c(OC)c2)C1=O. The molecular weight excluding hydrogens is 549 g/mol. The van der Waals surface area contributed by atoms with Crippen LogP contribution in [-0.2, 0) is 16.1 Å². The third-order valence-electron chi connectivity index (χ3n) is 4.50. The molecule has 0 bridgehead atoms. The molecule has 1 fully saturated rings. The number of carbonyl (C=O) groups excluding carboxylic acids is 2. The lowest BCUT2D eigenvalue weighted by Crippen LogP contribution is -2.31. The average molecular weight is 569 g/mol. The molecule has 0 radical (unpaired) electrons. The van der Waals surface area contributed by atoms with Crippen LogP contribution in [0.5, 0.6) is 11.5 Å². The number of amides is 2. The van der Waals surface area contributed by atoms with Crippen LogP contribution < -0.4 is 9.47 Å². The molecule has 2 aromatic carbocycles. The Morgan fingerprint density at radius 2 is 2.00 bits per heavy atom. The molecule has 3 rings (SSSR count). The molecule has 0 aromatic heterocycles. The number of carbonyl (C=O) groups is 3. The van der Waals surface area contributed by atoms with E-state index >= 15 is 0 Å². The molecule has 0 spiro atoms. The van der Waals surface area contributed by atoms with Crippen LogP contribution in [0.15, 0.2) is 41.3 Å². The number of carboxylic acid groups (broad SMARTS) is 1. The molecule has 10 heteroatoms. The van der Waals surface area contributed by atoms with Gasteiger partial charge in [-0.1, -0.05) is 12.1 Å². The van der Waals surface area contributed by atoms with Crippen LogP contribution in [0, 0.1) is 3.57 Å². The molecule has 1 heterocycles. The van der Waals surface area contributed by atoms with Gasteiger partial charge in [0.25, 0.3) is 11.1 Å². The lowest BCUT2D eigenvalue weighted by molar-refractivity contribution is -0.123. The quantitative estimate of drug-likeness (QED) is 0.353. The Hall–Kier alpha value is -2.57. The molecule has 1 N–H and O–H groups in total. The fourth-order valence-corrected chi connectivity index (χ4v) is 4.59. The Balaban J connectivity index is 1.80. The Morgan fingerprint density at radius 1 is 1.22 bits per heavy atom. The minimum absolute atomic E-state index is 0.158. The van der Waals surface area contributed by atoms with Gasteiger partial charge < -0.3 is 19.3 Å². The second-order valence-corrected chi connectivity index (χ2v) is 8.81. The van der Waals surface area contributed by atoms with Crippen LogP contribution in [0.3, 0.4) is 0 Å². The van der Waals surface area contributed by atoms with Gasteiger partial charge in [0.15, 0.2) is 11.5 Å². The van der Waals surface area contributed by atoms with Crippen LogP contribution in [0.2, 0.25) is 0 Å². The van der Waals surface area contributed by atoms with Gasteiger partial charge in [-0.05, 0) is 75.8 Å². The summed E-state index contributed by atoms with van der Waals surface area (Å²) in [4.78, 5) is 37.3. The number of ether oxygens (including phenoxy) is 3. The van der Waals surface area contributed by atoms with Gasteiger partial charge in [0, 0.05) is 7.11 Å². The highest BCUT2D eigenvalue weighted by Gasteiger charge is 2.34. The standard InChI is InChI=1S/C22H20INO7S/c1-29-7-6-24-20(25)18(32-22(24)28)11-14-9-16(23)19(17(10-14)30-2)31-12-13-4-3-5-15(8-13)21(26)27/h3-5,8-11H,6-7,12H2,1-2H3,(H,26,27)/b18-11+. The van der Waals surface area contributed by atoms with Crippen LogP contribution in [-0.4, -0.2) is 54.5 Å². The summed E-state index contributed by atoms with van der Waals surface area (Å²) < 4.78 is 17.1. The summed E-state index contributed by atoms with van der Waals surface area (Å²) >= 11 is 2.98. The third-order valence-corrected chi connectivity index (χ3v) is 6.21. The number of carboxylic acids is 1. The lowest BCUT2D eigenvalue weighted by Gasteiger charge is -2.14. The van der Waals surface area contributed by atoms with Gasteiger partial charge in [-0.2, -0.15) is 0 Å². The largest absolute Gasteiger partial charge is 0.493 e. The van der Waals surface area contributed by atoms with E-state index in [4.69, 9.17) is 19.3 Å². The fraction of sp³-hybridized carbons (Fsp3) is 0.227. The number of methoxy groups -OCH3 is 2. The number of benzene rings is 2. The molecular formula is C22H20INO7S. The molecule has 0 atom stereocenters. The Bertz CT molecular complexity index is 1090. The van der Waals surface area contributed by atoms with E-state index in [1.807, 2.05) is 6.07 Å². The third kappa shape index (κ3) is 5.61. The van der Waals surface area contributed by atoms with Gasteiger partial charge >= 0.3 is 5.97 Å². The normalized spacial score (nSPS) is 14.8. The number of hydrogen-bond donors (Lipinski definition) is 1. The Morgan fingerprint density at radius 3 is 2.69 bits per heavy atom. The minimum atomic E-state index is -1.00. The number of hydrogen-bond acceptors (Lipinski definition) is 7. The topological polar surface area (TPSA) is 102 Å². The summed E-state index contributed by atoms with van der Waals surface area (Å²) in [6.45, 7) is 0.638. The first-order valence-electron chi connectivity index (χ1n) is 9.41. The highest BCUT2D eigenvalue weighted by atomic mass is 127. The lowest BCUT2D eigenvalue weighted by atomic mass is 10.1. The average Bonchev–Trinajstić information content (AvgIpc) is 3.03. The molecule has 2 aromatic rings. The first-order valence-corrected chi connectivity index (χ1v) is 11.3. The molecule has 1 aliphatic heterocycles. The molecule has 0 unspecified atom stereocenters. The van der Waals surface area contributed by atoms with Crippen LogP contribution in [0.25, 0.3) is 6.08 Å². The molecule has 2 amide bonds. The van der Waals surface area contributed by atoms with E-state index in [-0.39, 0.29) is 36.5 Å². The van der Waals surface area contributed by atoms with E-state index in [9.17, 15) is 14.4 Å². The second kappa shape index (κ2) is 10.8. The number of halogens is 1. The van der Waals surface area contributed by atoms with Gasteiger partial charge in [-0.3, -0.25) is 14.5 Å². The highest BCUT2D eigenvalue weighted by molar-refractivity contribution is 14.1. The molecule has 1 aliphatic rings. The number of imide groups is 1. The van der Waals surface area contributed by atoms with Crippen LogP contribution in [0.1, 0.15) is 21.5 Å². The monoisotopic (exact) mass is 569 g/mol. The maximum absolute atomic E-state index is 12.5. The molecule has 32 heavy (non-hydrogen) atoms. The van der Waals surface area contributed by atoms with Crippen molar-refractivity contribution in [2.75, 3.05) is 27.4 Å². The first kappa shape index (κ1) is 24.1. The summed E-state index contributed by atoms with van der Waals surface area (Å²) in [5.74, 6) is -0.407. The van der Waals surface area contributed by atoms with Crippen molar-refractivity contribution < 1.29 is 33.7 Å². The van der Waals surface area contributed by atoms with Crippen molar-refractivity contribution in [3.63, 3.8) is 0 Å². The summed E-state index contributed by atoms with van der Waals surface area (Å²) in [7, 11) is 3.02. The predicted octanol–water partition coefficient (Wildman–Crippen LogP) is 4.26. The zero-order chi connectivity index (χ0) is 23.3. The van der Waals surface area contributed by atoms with Crippen molar-refractivity contribution in [2.45, 2.75) is 6.61 Å². The first-order chi connectivity index (χ1) is 15.3. The molecule has 168 valence electrons. The van der Waals surface area contributed by atoms with E-state index in [1.54, 1.807) is 30.3 Å². The van der Waals surface area contributed by atoms with Crippen molar-refractivity contribution in [3.8, 4) is 11.5 Å². The van der Waals surface area contributed by atoms with Crippen molar-refractivity contribution in [1.82, 2.24) is 4.90 Å². The predicted molar refractivity (Wildman–Crippen MR) is 128 cm³/mol. The maximum Gasteiger partial charge on any atom is 0.335 e. The van der Waals surface area contributed by atoms with Crippen LogP contribution >= 0.6 is 34.4 Å². The minimum Gasteiger partial charge on any atom is -0.493 e. The second-order valence-electron chi connectivity index (χ2n) is 6.65. The van der Waals surface area contributed by atoms with E-state index in [0.717, 1.165) is 20.2 Å². The summed E-state index contributed by atoms with van der Waals surface area (Å²) in [6, 6.07) is 10.0. The zero-order valence-corrected chi connectivity index (χ0v) is 20.3. The van der Waals surface area contributed by atoms with Gasteiger partial charge in [0.2, 0.25) is 0 Å². The van der Waals surface area contributed by atoms with Gasteiger partial charge in [-0.25, -0.2) is 4.79 Å². The van der Waals surface area contributed by atoms with E-state index in [1.165, 1.54) is 20.3 Å². The molecule has 8 nitrogen and oxygen atoms in total. The summed E-state index contributed by atoms with van der Waals surface area (Å²) in [5, 5.41) is 8.81. The number of thioether (sulfide) groups is 1. The van der Waals surface area contributed by atoms with Crippen LogP contribution in [0.4, 0.5) is 4.79 Å². The van der Waals surface area contributed by atoms with Crippen molar-refractivity contribution in [2.24, 2.45) is 0 Å². The van der Waals surface area contributed by atoms with Gasteiger partial charge in [-0.15, -0.1) is 0 Å². The Kier molecular flexibility index (Phi) is 8.15. The summed E-state index contributed by atoms with van der Waals surface area (Å²) in [6.07, 6.45) is 1.64. The fourth-order valence-electron chi connectivity index (χ4n) is 2.94. The molecule has 1 saturated heterocycles. The van der Waals surface area contributed by atoms with Crippen molar-refractivity contribution in [1.29, 1.82) is 0 Å². The zero-order valence-electron chi connectivity index (χ0n) is 17.3. The van der Waals surface area contributed by atoms with Crippen molar-refractivity contribution in [3.05, 3.63) is 61.6 Å². The van der Waals surface area contributed by atoms with Crippen molar-refractivity contribution >= 4 is 57.5 Å². The van der Waals surface area contributed by atoms with E-state index in [0.29, 0.717) is 27.5 Å². The molecule has 0 saturated carbocycles. The smallest absolute Gasteiger partial charge is 0.335 e. The van der Waals surface area contributed by atoms with Gasteiger partial charge in [0.05, 0.1) is 34.3 Å². The van der Waals surface area contributed by atoms with E-state index in [2.05, 4.69) is 22.6 Å². The molecule has 0 aliphatic carbocycles. The number of rotatable bonds is 9. The Labute approximate surface area is 202 Å². The number of nitrogens with zero attached hydrogens (tertiary/aromatic N) is 1. The van der Waals surface area contributed by atoms with Gasteiger partial charge in [0.1, 0.15) is 6.61 Å². The maximum atomic E-state index is 12.5. The highest BCUT2D eigenvalue weighted by Crippen LogP contribution is 2.37. The number of aromatic carboxylic acids is 1. The van der Waals surface area contributed by atoms with E-state index < -0.39 is 5.97 Å². The summed E-state index contributed by atoms with van der Waals surface area (Å²) in [5.41, 5.74) is 1.57.